The fourth-order valence-corrected chi connectivity index (χ4v) is 2.14. The smallest absolute Gasteiger partial charge is 0.253 e. The molecule has 0 fully saturated rings. The number of aryl methyl sites for hydroxylation is 1. The average Bonchev–Trinajstić information content (AvgIpc) is 2.70. The Bertz CT molecular complexity index is 626. The van der Waals surface area contributed by atoms with E-state index in [1.807, 2.05) is 0 Å². The molecule has 0 aliphatic carbocycles. The van der Waals surface area contributed by atoms with Crippen LogP contribution in [0.4, 0.5) is 5.82 Å². The Morgan fingerprint density at radius 3 is 2.95 bits per heavy atom. The van der Waals surface area contributed by atoms with E-state index in [2.05, 4.69) is 26.3 Å². The maximum Gasteiger partial charge on any atom is 0.253 e. The summed E-state index contributed by atoms with van der Waals surface area (Å²) in [6, 6.07) is 5.11. The molecule has 0 aliphatic rings. The van der Waals surface area contributed by atoms with Gasteiger partial charge in [-0.05, 0) is 18.2 Å². The number of hydrogen-bond acceptors (Lipinski definition) is 3. The molecule has 19 heavy (non-hydrogen) atoms. The second-order valence-electron chi connectivity index (χ2n) is 3.99. The maximum absolute atomic E-state index is 12.0. The van der Waals surface area contributed by atoms with Crippen LogP contribution in [0, 0.1) is 0 Å². The van der Waals surface area contributed by atoms with E-state index >= 15 is 0 Å². The van der Waals surface area contributed by atoms with E-state index in [1.54, 1.807) is 36.1 Å². The highest BCUT2D eigenvalue weighted by molar-refractivity contribution is 9.10. The van der Waals surface area contributed by atoms with Gasteiger partial charge in [0.25, 0.3) is 5.91 Å². The molecule has 0 atom stereocenters. The summed E-state index contributed by atoms with van der Waals surface area (Å²) in [5.74, 6) is 0.273. The normalized spacial score (nSPS) is 10.5. The van der Waals surface area contributed by atoms with E-state index in [9.17, 15) is 4.79 Å². The topological polar surface area (TPSA) is 72.9 Å². The Morgan fingerprint density at radius 2 is 2.32 bits per heavy atom. The number of nitrogens with one attached hydrogen (secondary N) is 1. The molecule has 0 saturated heterocycles. The molecule has 100 valence electrons. The van der Waals surface area contributed by atoms with Gasteiger partial charge in [-0.25, -0.2) is 0 Å². The number of aromatic nitrogens is 2. The number of hydrogen-bond donors (Lipinski definition) is 2. The van der Waals surface area contributed by atoms with Crippen LogP contribution in [-0.2, 0) is 13.6 Å². The van der Waals surface area contributed by atoms with Crippen LogP contribution >= 0.6 is 27.5 Å². The van der Waals surface area contributed by atoms with Gasteiger partial charge in [-0.15, -0.1) is 0 Å². The molecule has 0 aliphatic heterocycles. The zero-order valence-electron chi connectivity index (χ0n) is 10.2. The minimum Gasteiger partial charge on any atom is -0.384 e. The van der Waals surface area contributed by atoms with Gasteiger partial charge in [0.15, 0.2) is 0 Å². The van der Waals surface area contributed by atoms with Crippen LogP contribution < -0.4 is 11.1 Å². The standard InChI is InChI=1S/C12H12BrClN4O/c1-18-11(15)7(6-17-18)5-16-12(19)9-4-8(13)2-3-10(9)14/h2-4,6H,5,15H2,1H3,(H,16,19). The third-order valence-corrected chi connectivity index (χ3v) is 3.50. The Morgan fingerprint density at radius 1 is 1.58 bits per heavy atom. The molecule has 2 rings (SSSR count). The van der Waals surface area contributed by atoms with Crippen molar-refractivity contribution in [3.05, 3.63) is 45.0 Å². The van der Waals surface area contributed by atoms with E-state index in [0.29, 0.717) is 22.9 Å². The number of amides is 1. The summed E-state index contributed by atoms with van der Waals surface area (Å²) >= 11 is 9.29. The highest BCUT2D eigenvalue weighted by atomic mass is 79.9. The van der Waals surface area contributed by atoms with Crippen molar-refractivity contribution in [3.8, 4) is 0 Å². The molecule has 0 spiro atoms. The van der Waals surface area contributed by atoms with Gasteiger partial charge in [0.2, 0.25) is 0 Å². The van der Waals surface area contributed by atoms with Crippen LogP contribution in [0.5, 0.6) is 0 Å². The third-order valence-electron chi connectivity index (χ3n) is 2.68. The number of rotatable bonds is 3. The first-order valence-corrected chi connectivity index (χ1v) is 6.65. The lowest BCUT2D eigenvalue weighted by Gasteiger charge is -2.07. The number of nitrogens with two attached hydrogens (primary N) is 1. The third kappa shape index (κ3) is 3.08. The Hall–Kier alpha value is -1.53. The van der Waals surface area contributed by atoms with Crippen molar-refractivity contribution in [3.63, 3.8) is 0 Å². The van der Waals surface area contributed by atoms with Crippen LogP contribution in [0.2, 0.25) is 5.02 Å². The summed E-state index contributed by atoms with van der Waals surface area (Å²) in [5, 5.41) is 7.17. The van der Waals surface area contributed by atoms with Crippen molar-refractivity contribution >= 4 is 39.3 Å². The van der Waals surface area contributed by atoms with Crippen molar-refractivity contribution in [1.29, 1.82) is 0 Å². The number of carbonyl (C=O) groups is 1. The molecular weight excluding hydrogens is 332 g/mol. The number of benzene rings is 1. The summed E-state index contributed by atoms with van der Waals surface area (Å²) < 4.78 is 2.34. The summed E-state index contributed by atoms with van der Waals surface area (Å²) in [4.78, 5) is 12.0. The number of halogens is 2. The van der Waals surface area contributed by atoms with Gasteiger partial charge in [0.05, 0.1) is 16.8 Å². The molecule has 0 saturated carbocycles. The predicted octanol–water partition coefficient (Wildman–Crippen LogP) is 2.35. The first-order chi connectivity index (χ1) is 8.99. The molecule has 0 bridgehead atoms. The lowest BCUT2D eigenvalue weighted by atomic mass is 10.2. The maximum atomic E-state index is 12.0. The fourth-order valence-electron chi connectivity index (χ4n) is 1.57. The highest BCUT2D eigenvalue weighted by Crippen LogP contribution is 2.21. The van der Waals surface area contributed by atoms with Gasteiger partial charge >= 0.3 is 0 Å². The van der Waals surface area contributed by atoms with Crippen LogP contribution in [0.1, 0.15) is 15.9 Å². The van der Waals surface area contributed by atoms with E-state index in [-0.39, 0.29) is 5.91 Å². The molecule has 0 unspecified atom stereocenters. The van der Waals surface area contributed by atoms with Crippen LogP contribution in [0.25, 0.3) is 0 Å². The van der Waals surface area contributed by atoms with Gasteiger partial charge in [0, 0.05) is 23.6 Å². The van der Waals surface area contributed by atoms with E-state index in [1.165, 1.54) is 0 Å². The van der Waals surface area contributed by atoms with E-state index < -0.39 is 0 Å². The molecule has 0 radical (unpaired) electrons. The second-order valence-corrected chi connectivity index (χ2v) is 5.31. The highest BCUT2D eigenvalue weighted by Gasteiger charge is 2.12. The predicted molar refractivity (Wildman–Crippen MR) is 77.9 cm³/mol. The second kappa shape index (κ2) is 5.63. The van der Waals surface area contributed by atoms with Crippen molar-refractivity contribution in [2.45, 2.75) is 6.54 Å². The molecule has 1 heterocycles. The van der Waals surface area contributed by atoms with Crippen molar-refractivity contribution < 1.29 is 4.79 Å². The van der Waals surface area contributed by atoms with E-state index in [4.69, 9.17) is 17.3 Å². The average molecular weight is 344 g/mol. The van der Waals surface area contributed by atoms with Gasteiger partial charge in [-0.1, -0.05) is 27.5 Å². The van der Waals surface area contributed by atoms with Crippen molar-refractivity contribution in [2.24, 2.45) is 7.05 Å². The van der Waals surface area contributed by atoms with Crippen LogP contribution in [0.15, 0.2) is 28.9 Å². The van der Waals surface area contributed by atoms with E-state index in [0.717, 1.165) is 10.0 Å². The quantitative estimate of drug-likeness (QED) is 0.898. The fraction of sp³-hybridized carbons (Fsp3) is 0.167. The van der Waals surface area contributed by atoms with Crippen LogP contribution in [-0.4, -0.2) is 15.7 Å². The Balaban J connectivity index is 2.09. The van der Waals surface area contributed by atoms with Gasteiger partial charge < -0.3 is 11.1 Å². The van der Waals surface area contributed by atoms with Gasteiger partial charge in [-0.2, -0.15) is 5.10 Å². The zero-order valence-corrected chi connectivity index (χ0v) is 12.5. The molecular formula is C12H12BrClN4O. The Labute approximate surface area is 123 Å². The summed E-state index contributed by atoms with van der Waals surface area (Å²) in [6.07, 6.45) is 1.62. The lowest BCUT2D eigenvalue weighted by molar-refractivity contribution is 0.0951. The molecule has 1 amide bonds. The first kappa shape index (κ1) is 13.9. The monoisotopic (exact) mass is 342 g/mol. The minimum absolute atomic E-state index is 0.255. The summed E-state index contributed by atoms with van der Waals surface area (Å²) in [6.45, 7) is 0.307. The number of carbonyl (C=O) groups excluding carboxylic acids is 1. The molecule has 1 aromatic heterocycles. The molecule has 7 heteroatoms. The number of anilines is 1. The molecule has 3 N–H and O–H groups in total. The number of nitrogens with zero attached hydrogens (tertiary/aromatic N) is 2. The molecule has 5 nitrogen and oxygen atoms in total. The summed E-state index contributed by atoms with van der Waals surface area (Å²) in [5.41, 5.74) is 6.98. The first-order valence-electron chi connectivity index (χ1n) is 5.48. The zero-order chi connectivity index (χ0) is 14.0. The van der Waals surface area contributed by atoms with Gasteiger partial charge in [-0.3, -0.25) is 9.48 Å². The van der Waals surface area contributed by atoms with Crippen LogP contribution in [0.3, 0.4) is 0 Å². The molecule has 2 aromatic rings. The SMILES string of the molecule is Cn1ncc(CNC(=O)c2cc(Br)ccc2Cl)c1N. The Kier molecular flexibility index (Phi) is 4.11. The van der Waals surface area contributed by atoms with Gasteiger partial charge in [0.1, 0.15) is 5.82 Å². The largest absolute Gasteiger partial charge is 0.384 e. The molecule has 1 aromatic carbocycles. The summed E-state index contributed by atoms with van der Waals surface area (Å²) in [7, 11) is 1.74. The lowest BCUT2D eigenvalue weighted by Crippen LogP contribution is -2.23. The van der Waals surface area contributed by atoms with Crippen molar-refractivity contribution in [1.82, 2.24) is 15.1 Å². The number of nitrogen functional groups attached to an aromatic ring is 1. The minimum atomic E-state index is -0.255. The van der Waals surface area contributed by atoms with Crippen molar-refractivity contribution in [2.75, 3.05) is 5.73 Å².